The van der Waals surface area contributed by atoms with Gasteiger partial charge >= 0.3 is 17.4 Å². The van der Waals surface area contributed by atoms with Crippen LogP contribution in [0.2, 0.25) is 12.1 Å². The molecule has 0 aromatic rings. The lowest BCUT2D eigenvalue weighted by Crippen LogP contribution is -2.65. The molecule has 1 heterocycles. The van der Waals surface area contributed by atoms with Crippen molar-refractivity contribution in [1.82, 2.24) is 0 Å². The number of hydrogen-bond donors (Lipinski definition) is 1. The fourth-order valence-electron chi connectivity index (χ4n) is 3.15. The molecule has 0 aromatic heterocycles. The molecule has 1 aliphatic heterocycles. The molecule has 0 bridgehead atoms. The van der Waals surface area contributed by atoms with Gasteiger partial charge < -0.3 is 31.6 Å². The minimum atomic E-state index is -2.35. The van der Waals surface area contributed by atoms with E-state index in [1.165, 1.54) is 0 Å². The summed E-state index contributed by atoms with van der Waals surface area (Å²) in [6.45, 7) is 0. The molecular weight excluding hydrogens is 380 g/mol. The lowest BCUT2D eigenvalue weighted by Gasteiger charge is -2.46. The summed E-state index contributed by atoms with van der Waals surface area (Å²) in [5.74, 6) is 0.838. The van der Waals surface area contributed by atoms with Crippen LogP contribution in [0.3, 0.4) is 0 Å². The summed E-state index contributed by atoms with van der Waals surface area (Å²) < 4.78 is 37.8. The van der Waals surface area contributed by atoms with E-state index in [1.54, 1.807) is 49.8 Å². The van der Waals surface area contributed by atoms with Gasteiger partial charge in [0.2, 0.25) is 5.41 Å². The molecule has 152 valence electrons. The fraction of sp³-hybridized carbons (Fsp3) is 1.00. The van der Waals surface area contributed by atoms with Gasteiger partial charge in [-0.2, -0.15) is 12.6 Å². The molecule has 0 atom stereocenters. The highest BCUT2D eigenvalue weighted by molar-refractivity contribution is 7.80. The number of ether oxygens (including phenoxy) is 2. The van der Waals surface area contributed by atoms with Gasteiger partial charge in [-0.1, -0.05) is 6.42 Å². The molecule has 7 nitrogen and oxygen atoms in total. The van der Waals surface area contributed by atoms with E-state index in [1.807, 2.05) is 0 Å². The standard InChI is InChI=1S/C9H20O4Si.C6H16O3SSi/c1-10-9(11-2)7-5-6-8-14(9,12-3)13-4;1-7-11(8-2,9-3)6-4-5-10/h5-8H2,1-4H3;10H,4-6H2,1-3H3. The maximum atomic E-state index is 5.59. The first-order valence-corrected chi connectivity index (χ1v) is 13.0. The van der Waals surface area contributed by atoms with Crippen molar-refractivity contribution >= 4 is 30.0 Å². The van der Waals surface area contributed by atoms with E-state index in [0.29, 0.717) is 0 Å². The second kappa shape index (κ2) is 12.8. The van der Waals surface area contributed by atoms with E-state index >= 15 is 0 Å². The summed E-state index contributed by atoms with van der Waals surface area (Å²) in [5.41, 5.74) is -0.630. The molecule has 0 spiro atoms. The van der Waals surface area contributed by atoms with E-state index in [9.17, 15) is 0 Å². The topological polar surface area (TPSA) is 64.6 Å². The number of thiol groups is 1. The lowest BCUT2D eigenvalue weighted by molar-refractivity contribution is -0.183. The number of hydrogen-bond acceptors (Lipinski definition) is 8. The van der Waals surface area contributed by atoms with Gasteiger partial charge in [-0.05, 0) is 24.6 Å². The van der Waals surface area contributed by atoms with Gasteiger partial charge in [-0.25, -0.2) is 0 Å². The highest BCUT2D eigenvalue weighted by atomic mass is 32.1. The Labute approximate surface area is 160 Å². The molecule has 0 amide bonds. The molecule has 0 unspecified atom stereocenters. The summed E-state index contributed by atoms with van der Waals surface area (Å²) in [5, 5.41) is 0. The van der Waals surface area contributed by atoms with Crippen LogP contribution in [-0.2, 0) is 31.6 Å². The van der Waals surface area contributed by atoms with Crippen molar-refractivity contribution in [1.29, 1.82) is 0 Å². The molecule has 1 fully saturated rings. The zero-order chi connectivity index (χ0) is 19.4. The van der Waals surface area contributed by atoms with Gasteiger partial charge in [-0.15, -0.1) is 0 Å². The van der Waals surface area contributed by atoms with Crippen LogP contribution in [0.5, 0.6) is 0 Å². The molecule has 1 saturated heterocycles. The second-order valence-electron chi connectivity index (χ2n) is 5.65. The van der Waals surface area contributed by atoms with Gasteiger partial charge in [-0.3, -0.25) is 0 Å². The van der Waals surface area contributed by atoms with Crippen LogP contribution >= 0.6 is 12.6 Å². The Bertz CT molecular complexity index is 310. The molecule has 10 heteroatoms. The Kier molecular flexibility index (Phi) is 13.1. The summed E-state index contributed by atoms with van der Waals surface area (Å²) in [4.78, 5) is 0. The molecule has 1 rings (SSSR count). The van der Waals surface area contributed by atoms with Crippen molar-refractivity contribution in [3.05, 3.63) is 0 Å². The predicted octanol–water partition coefficient (Wildman–Crippen LogP) is 2.62. The van der Waals surface area contributed by atoms with Crippen LogP contribution in [0.15, 0.2) is 0 Å². The van der Waals surface area contributed by atoms with Crippen molar-refractivity contribution in [3.8, 4) is 0 Å². The van der Waals surface area contributed by atoms with Crippen LogP contribution in [-0.4, -0.2) is 78.3 Å². The van der Waals surface area contributed by atoms with E-state index in [2.05, 4.69) is 12.6 Å². The zero-order valence-corrected chi connectivity index (χ0v) is 19.6. The molecule has 0 aromatic carbocycles. The third-order valence-electron chi connectivity index (χ3n) is 4.74. The molecule has 0 N–H and O–H groups in total. The van der Waals surface area contributed by atoms with Crippen LogP contribution in [0.4, 0.5) is 0 Å². The van der Waals surface area contributed by atoms with Gasteiger partial charge in [0.1, 0.15) is 0 Å². The SMILES string of the molecule is COC1(OC)CCCC[Si]1(OC)OC.CO[Si](CCCS)(OC)OC. The van der Waals surface area contributed by atoms with Crippen molar-refractivity contribution in [2.24, 2.45) is 0 Å². The number of methoxy groups -OCH3 is 2. The largest absolute Gasteiger partial charge is 0.500 e. The van der Waals surface area contributed by atoms with Gasteiger partial charge in [0.25, 0.3) is 0 Å². The monoisotopic (exact) mass is 416 g/mol. The van der Waals surface area contributed by atoms with Crippen LogP contribution in [0.25, 0.3) is 0 Å². The third-order valence-corrected chi connectivity index (χ3v) is 12.0. The maximum absolute atomic E-state index is 5.59. The fourth-order valence-corrected chi connectivity index (χ4v) is 8.80. The first kappa shape index (κ1) is 25.5. The van der Waals surface area contributed by atoms with Crippen molar-refractivity contribution in [2.75, 3.05) is 55.5 Å². The molecule has 1 aliphatic rings. The van der Waals surface area contributed by atoms with Gasteiger partial charge in [0.15, 0.2) is 0 Å². The summed E-state index contributed by atoms with van der Waals surface area (Å²) in [6, 6.07) is 1.77. The van der Waals surface area contributed by atoms with Crippen molar-refractivity contribution < 1.29 is 31.6 Å². The van der Waals surface area contributed by atoms with Crippen molar-refractivity contribution in [3.63, 3.8) is 0 Å². The summed E-state index contributed by atoms with van der Waals surface area (Å²) in [6.07, 6.45) is 4.05. The van der Waals surface area contributed by atoms with E-state index in [-0.39, 0.29) is 0 Å². The third kappa shape index (κ3) is 6.27. The van der Waals surface area contributed by atoms with Gasteiger partial charge in [0.05, 0.1) is 0 Å². The molecule has 25 heavy (non-hydrogen) atoms. The first-order chi connectivity index (χ1) is 11.9. The lowest BCUT2D eigenvalue weighted by atomic mass is 10.2. The minimum absolute atomic E-state index is 0.630. The Morgan fingerprint density at radius 2 is 1.40 bits per heavy atom. The second-order valence-corrected chi connectivity index (χ2v) is 12.8. The normalized spacial score (nSPS) is 19.2. The Hall–Kier alpha value is 0.504. The number of rotatable bonds is 10. The Morgan fingerprint density at radius 3 is 1.72 bits per heavy atom. The first-order valence-electron chi connectivity index (χ1n) is 8.41. The highest BCUT2D eigenvalue weighted by Gasteiger charge is 2.60. The Balaban J connectivity index is 0.000000477. The molecule has 0 saturated carbocycles. The van der Waals surface area contributed by atoms with E-state index < -0.39 is 22.8 Å². The smallest absolute Gasteiger partial charge is 0.395 e. The van der Waals surface area contributed by atoms with Crippen molar-refractivity contribution in [2.45, 2.75) is 43.2 Å². The van der Waals surface area contributed by atoms with Crippen LogP contribution in [0, 0.1) is 0 Å². The Morgan fingerprint density at radius 1 is 0.880 bits per heavy atom. The maximum Gasteiger partial charge on any atom is 0.500 e. The zero-order valence-electron chi connectivity index (χ0n) is 16.8. The van der Waals surface area contributed by atoms with E-state index in [0.717, 1.165) is 43.5 Å². The molecular formula is C15H36O7SSi2. The average Bonchev–Trinajstić information content (AvgIpc) is 2.69. The van der Waals surface area contributed by atoms with E-state index in [4.69, 9.17) is 31.6 Å². The predicted molar refractivity (Wildman–Crippen MR) is 105 cm³/mol. The molecule has 0 aliphatic carbocycles. The molecule has 0 radical (unpaired) electrons. The summed E-state index contributed by atoms with van der Waals surface area (Å²) >= 11 is 4.10. The summed E-state index contributed by atoms with van der Waals surface area (Å²) in [7, 11) is 6.93. The average molecular weight is 417 g/mol. The minimum Gasteiger partial charge on any atom is -0.395 e. The van der Waals surface area contributed by atoms with Crippen LogP contribution < -0.4 is 0 Å². The van der Waals surface area contributed by atoms with Gasteiger partial charge in [0, 0.05) is 62.2 Å². The quantitative estimate of drug-likeness (QED) is 0.334. The van der Waals surface area contributed by atoms with Crippen LogP contribution in [0.1, 0.15) is 25.7 Å². The highest BCUT2D eigenvalue weighted by Crippen LogP contribution is 2.40.